The number of rotatable bonds is 0. The highest BCUT2D eigenvalue weighted by atomic mass is 127. The van der Waals surface area contributed by atoms with E-state index in [9.17, 15) is 4.39 Å². The first-order valence-electron chi connectivity index (χ1n) is 5.19. The van der Waals surface area contributed by atoms with E-state index in [2.05, 4.69) is 11.8 Å². The monoisotopic (exact) mass is 336 g/mol. The van der Waals surface area contributed by atoms with Crippen molar-refractivity contribution in [2.75, 3.05) is 0 Å². The van der Waals surface area contributed by atoms with E-state index in [4.69, 9.17) is 0 Å². The molecule has 2 rings (SSSR count). The summed E-state index contributed by atoms with van der Waals surface area (Å²) in [5, 5.41) is 0. The smallest absolute Gasteiger partial charge is 0.137 e. The van der Waals surface area contributed by atoms with Crippen LogP contribution >= 0.6 is 22.6 Å². The Hall–Kier alpha value is -1.34. The van der Waals surface area contributed by atoms with Crippen LogP contribution in [0.5, 0.6) is 0 Å². The van der Waals surface area contributed by atoms with Crippen LogP contribution in [-0.4, -0.2) is 0 Å². The van der Waals surface area contributed by atoms with Gasteiger partial charge in [-0.1, -0.05) is 29.5 Å². The van der Waals surface area contributed by atoms with Crippen LogP contribution in [0.25, 0.3) is 0 Å². The number of halogens is 2. The molecule has 0 amide bonds. The Labute approximate surface area is 114 Å². The number of hydrogen-bond donors (Lipinski definition) is 0. The first-order chi connectivity index (χ1) is 8.15. The van der Waals surface area contributed by atoms with E-state index >= 15 is 0 Å². The summed E-state index contributed by atoms with van der Waals surface area (Å²) >= 11 is 1.96. The van der Waals surface area contributed by atoms with Gasteiger partial charge in [-0.3, -0.25) is 0 Å². The van der Waals surface area contributed by atoms with Crippen LogP contribution in [0.2, 0.25) is 0 Å². The second-order valence-electron chi connectivity index (χ2n) is 3.74. The molecule has 0 aromatic heterocycles. The van der Waals surface area contributed by atoms with Gasteiger partial charge in [0.2, 0.25) is 0 Å². The standard InChI is InChI=1S/C15H10FI/c1-11-2-4-12(5-3-11)6-7-13-8-9-15(17)14(16)10-13/h2-5,8-10H,1H3. The lowest BCUT2D eigenvalue weighted by Crippen LogP contribution is -1.83. The van der Waals surface area contributed by atoms with Gasteiger partial charge in [0.05, 0.1) is 0 Å². The van der Waals surface area contributed by atoms with E-state index < -0.39 is 0 Å². The Bertz CT molecular complexity index is 589. The Kier molecular flexibility index (Phi) is 3.80. The molecule has 0 radical (unpaired) electrons. The maximum Gasteiger partial charge on any atom is 0.137 e. The van der Waals surface area contributed by atoms with E-state index in [1.165, 1.54) is 11.6 Å². The summed E-state index contributed by atoms with van der Waals surface area (Å²) in [4.78, 5) is 0. The van der Waals surface area contributed by atoms with Gasteiger partial charge < -0.3 is 0 Å². The van der Waals surface area contributed by atoms with Gasteiger partial charge in [-0.25, -0.2) is 4.39 Å². The molecule has 0 saturated carbocycles. The van der Waals surface area contributed by atoms with E-state index in [1.807, 2.05) is 59.8 Å². The summed E-state index contributed by atoms with van der Waals surface area (Å²) in [5.74, 6) is 5.75. The van der Waals surface area contributed by atoms with Crippen molar-refractivity contribution in [3.05, 3.63) is 68.5 Å². The molecule has 0 unspecified atom stereocenters. The molecule has 0 aliphatic heterocycles. The Balaban J connectivity index is 2.26. The number of benzene rings is 2. The van der Waals surface area contributed by atoms with Crippen molar-refractivity contribution >= 4 is 22.6 Å². The summed E-state index contributed by atoms with van der Waals surface area (Å²) < 4.78 is 13.9. The maximum absolute atomic E-state index is 13.3. The molecule has 0 fully saturated rings. The molecule has 2 heteroatoms. The van der Waals surface area contributed by atoms with Crippen molar-refractivity contribution in [1.29, 1.82) is 0 Å². The van der Waals surface area contributed by atoms with Crippen molar-refractivity contribution in [1.82, 2.24) is 0 Å². The van der Waals surface area contributed by atoms with Crippen LogP contribution in [0, 0.1) is 28.2 Å². The van der Waals surface area contributed by atoms with Crippen LogP contribution in [0.3, 0.4) is 0 Å². The molecule has 0 heterocycles. The first-order valence-corrected chi connectivity index (χ1v) is 6.27. The second kappa shape index (κ2) is 5.33. The van der Waals surface area contributed by atoms with E-state index in [0.717, 1.165) is 5.56 Å². The molecular weight excluding hydrogens is 326 g/mol. The molecule has 0 aliphatic rings. The van der Waals surface area contributed by atoms with E-state index in [1.54, 1.807) is 6.07 Å². The zero-order chi connectivity index (χ0) is 12.3. The molecule has 0 saturated heterocycles. The van der Waals surface area contributed by atoms with Gasteiger partial charge in [-0.15, -0.1) is 0 Å². The Morgan fingerprint density at radius 3 is 2.18 bits per heavy atom. The predicted octanol–water partition coefficient (Wildman–Crippen LogP) is 4.14. The van der Waals surface area contributed by atoms with E-state index in [-0.39, 0.29) is 5.82 Å². The zero-order valence-electron chi connectivity index (χ0n) is 9.30. The van der Waals surface area contributed by atoms with Crippen molar-refractivity contribution in [3.8, 4) is 11.8 Å². The van der Waals surface area contributed by atoms with Crippen molar-refractivity contribution in [3.63, 3.8) is 0 Å². The third kappa shape index (κ3) is 3.31. The number of aryl methyl sites for hydroxylation is 1. The van der Waals surface area contributed by atoms with Crippen LogP contribution in [0.1, 0.15) is 16.7 Å². The van der Waals surface area contributed by atoms with Gasteiger partial charge in [0.15, 0.2) is 0 Å². The fraction of sp³-hybridized carbons (Fsp3) is 0.0667. The molecular formula is C15H10FI. The zero-order valence-corrected chi connectivity index (χ0v) is 11.5. The second-order valence-corrected chi connectivity index (χ2v) is 4.91. The minimum Gasteiger partial charge on any atom is -0.206 e. The molecule has 0 nitrogen and oxygen atoms in total. The first kappa shape index (κ1) is 12.1. The fourth-order valence-electron chi connectivity index (χ4n) is 1.36. The third-order valence-corrected chi connectivity index (χ3v) is 3.20. The minimum absolute atomic E-state index is 0.221. The molecule has 2 aromatic carbocycles. The van der Waals surface area contributed by atoms with Crippen molar-refractivity contribution < 1.29 is 4.39 Å². The summed E-state index contributed by atoms with van der Waals surface area (Å²) in [6, 6.07) is 13.0. The summed E-state index contributed by atoms with van der Waals surface area (Å²) in [5.41, 5.74) is 2.84. The average molecular weight is 336 g/mol. The SMILES string of the molecule is Cc1ccc(C#Cc2ccc(I)c(F)c2)cc1. The Morgan fingerprint density at radius 1 is 0.941 bits per heavy atom. The molecule has 0 bridgehead atoms. The van der Waals surface area contributed by atoms with Crippen LogP contribution in [0.15, 0.2) is 42.5 Å². The fourth-order valence-corrected chi connectivity index (χ4v) is 1.69. The molecule has 0 spiro atoms. The average Bonchev–Trinajstić information content (AvgIpc) is 2.33. The van der Waals surface area contributed by atoms with E-state index in [0.29, 0.717) is 9.13 Å². The van der Waals surface area contributed by atoms with Crippen LogP contribution < -0.4 is 0 Å². The molecule has 0 N–H and O–H groups in total. The summed E-state index contributed by atoms with van der Waals surface area (Å²) in [6.07, 6.45) is 0. The van der Waals surface area contributed by atoms with Crippen LogP contribution in [0.4, 0.5) is 4.39 Å². The van der Waals surface area contributed by atoms with Crippen molar-refractivity contribution in [2.45, 2.75) is 6.92 Å². The highest BCUT2D eigenvalue weighted by Gasteiger charge is 1.97. The molecule has 84 valence electrons. The Morgan fingerprint density at radius 2 is 1.53 bits per heavy atom. The molecule has 0 aliphatic carbocycles. The van der Waals surface area contributed by atoms with Gasteiger partial charge in [-0.2, -0.15) is 0 Å². The van der Waals surface area contributed by atoms with Gasteiger partial charge >= 0.3 is 0 Å². The molecule has 17 heavy (non-hydrogen) atoms. The lowest BCUT2D eigenvalue weighted by molar-refractivity contribution is 0.620. The molecule has 0 atom stereocenters. The lowest BCUT2D eigenvalue weighted by Gasteiger charge is -1.95. The van der Waals surface area contributed by atoms with Gasteiger partial charge in [0, 0.05) is 14.7 Å². The topological polar surface area (TPSA) is 0 Å². The summed E-state index contributed by atoms with van der Waals surface area (Å²) in [6.45, 7) is 2.03. The third-order valence-electron chi connectivity index (χ3n) is 2.32. The highest BCUT2D eigenvalue weighted by Crippen LogP contribution is 2.12. The van der Waals surface area contributed by atoms with Crippen LogP contribution in [-0.2, 0) is 0 Å². The van der Waals surface area contributed by atoms with Gasteiger partial charge in [-0.05, 0) is 59.8 Å². The predicted molar refractivity (Wildman–Crippen MR) is 76.3 cm³/mol. The highest BCUT2D eigenvalue weighted by molar-refractivity contribution is 14.1. The molecule has 2 aromatic rings. The minimum atomic E-state index is -0.221. The lowest BCUT2D eigenvalue weighted by atomic mass is 10.1. The largest absolute Gasteiger partial charge is 0.206 e. The summed E-state index contributed by atoms with van der Waals surface area (Å²) in [7, 11) is 0. The quantitative estimate of drug-likeness (QED) is 0.501. The van der Waals surface area contributed by atoms with Gasteiger partial charge in [0.1, 0.15) is 5.82 Å². The number of hydrogen-bond acceptors (Lipinski definition) is 0. The maximum atomic E-state index is 13.3. The van der Waals surface area contributed by atoms with Gasteiger partial charge in [0.25, 0.3) is 0 Å². The normalized spacial score (nSPS) is 9.59. The van der Waals surface area contributed by atoms with Crippen molar-refractivity contribution in [2.24, 2.45) is 0 Å².